The third-order valence-corrected chi connectivity index (χ3v) is 31.8. The lowest BCUT2D eigenvalue weighted by molar-refractivity contribution is 0.660. The van der Waals surface area contributed by atoms with Gasteiger partial charge in [-0.05, 0) is 221 Å². The molecule has 6 heteroatoms. The molecule has 4 aromatic heterocycles. The van der Waals surface area contributed by atoms with Gasteiger partial charge < -0.3 is 18.9 Å². The molecule has 22 aromatic carbocycles. The Labute approximate surface area is 808 Å². The van der Waals surface area contributed by atoms with Crippen LogP contribution in [0.1, 0.15) is 47.2 Å². The molecule has 2 aliphatic carbocycles. The average Bonchev–Trinajstić information content (AvgIpc) is 1.54. The molecule has 648 valence electrons. The van der Waals surface area contributed by atoms with E-state index in [9.17, 15) is 0 Å². The average molecular weight is 1790 g/mol. The second kappa shape index (κ2) is 32.4. The van der Waals surface area contributed by atoms with Gasteiger partial charge in [0.2, 0.25) is 0 Å². The van der Waals surface area contributed by atoms with Crippen molar-refractivity contribution in [3.8, 4) is 78.1 Å². The van der Waals surface area contributed by atoms with Gasteiger partial charge in [-0.15, -0.1) is 22.7 Å². The van der Waals surface area contributed by atoms with Crippen LogP contribution in [0.15, 0.2) is 497 Å². The van der Waals surface area contributed by atoms with Crippen molar-refractivity contribution in [2.75, 3.05) is 9.80 Å². The van der Waals surface area contributed by atoms with Crippen LogP contribution < -0.4 is 9.80 Å². The SMILES string of the molecule is CC1(C)c2ccccc2-c2ccc(N(c3ccc(-c4ccccc4)cc3)c3cccc(-c4cc5c6ccccc6n(-c6cccc7ccccc67)c5c5c4sc4ccccc45)c3)cc21.c1ccc(-c2ccc(N(c3cccc(-c4cc5c6ccccc6n(-c6cccc7ccccc67)c5c5c4sc4ccccc45)c3)c3ccc4c(c3)C(c3ccccc3)(c3ccccc3)c3ccccc3-4)cc2)cc1. The lowest BCUT2D eigenvalue weighted by atomic mass is 9.67. The number of anilines is 6. The molecule has 26 aromatic rings. The molecule has 0 radical (unpaired) electrons. The summed E-state index contributed by atoms with van der Waals surface area (Å²) in [5.41, 5.74) is 35.9. The molecule has 0 amide bonds. The molecule has 2 aliphatic rings. The van der Waals surface area contributed by atoms with Crippen LogP contribution in [0.2, 0.25) is 0 Å². The van der Waals surface area contributed by atoms with E-state index in [-0.39, 0.29) is 5.41 Å². The molecule has 0 saturated carbocycles. The molecule has 138 heavy (non-hydrogen) atoms. The Hall–Kier alpha value is -17.0. The maximum atomic E-state index is 2.53. The second-order valence-electron chi connectivity index (χ2n) is 37.2. The summed E-state index contributed by atoms with van der Waals surface area (Å²) in [5, 5.41) is 15.1. The number of para-hydroxylation sites is 2. The van der Waals surface area contributed by atoms with Gasteiger partial charge in [-0.2, -0.15) is 0 Å². The summed E-state index contributed by atoms with van der Waals surface area (Å²) < 4.78 is 10.2. The topological polar surface area (TPSA) is 16.3 Å². The number of hydrogen-bond acceptors (Lipinski definition) is 4. The molecule has 0 bridgehead atoms. The van der Waals surface area contributed by atoms with Gasteiger partial charge in [-0.3, -0.25) is 0 Å². The summed E-state index contributed by atoms with van der Waals surface area (Å²) in [6.45, 7) is 4.73. The molecule has 4 nitrogen and oxygen atoms in total. The molecule has 28 rings (SSSR count). The van der Waals surface area contributed by atoms with Crippen molar-refractivity contribution < 1.29 is 0 Å². The third kappa shape index (κ3) is 12.7. The van der Waals surface area contributed by atoms with Crippen LogP contribution in [0.25, 0.3) is 184 Å². The molecule has 0 unspecified atom stereocenters. The van der Waals surface area contributed by atoms with Crippen molar-refractivity contribution >= 4 is 162 Å². The number of benzene rings is 22. The van der Waals surface area contributed by atoms with Crippen LogP contribution in [-0.4, -0.2) is 9.13 Å². The van der Waals surface area contributed by atoms with E-state index in [0.29, 0.717) is 0 Å². The van der Waals surface area contributed by atoms with Crippen LogP contribution in [-0.2, 0) is 10.8 Å². The molecular weight excluding hydrogens is 1710 g/mol. The second-order valence-corrected chi connectivity index (χ2v) is 39.3. The van der Waals surface area contributed by atoms with Crippen LogP contribution >= 0.6 is 22.7 Å². The Morgan fingerprint density at radius 2 is 0.543 bits per heavy atom. The number of fused-ring (bicyclic) bond motifs is 22. The zero-order chi connectivity index (χ0) is 91.3. The number of rotatable bonds is 14. The van der Waals surface area contributed by atoms with Crippen LogP contribution in [0.4, 0.5) is 34.1 Å². The van der Waals surface area contributed by atoms with Crippen molar-refractivity contribution in [3.63, 3.8) is 0 Å². The summed E-state index contributed by atoms with van der Waals surface area (Å²) in [7, 11) is 0. The summed E-state index contributed by atoms with van der Waals surface area (Å²) in [6.07, 6.45) is 0. The van der Waals surface area contributed by atoms with Gasteiger partial charge >= 0.3 is 0 Å². The van der Waals surface area contributed by atoms with Gasteiger partial charge in [-0.25, -0.2) is 0 Å². The molecule has 0 aliphatic heterocycles. The van der Waals surface area contributed by atoms with Gasteiger partial charge in [-0.1, -0.05) is 390 Å². The number of aromatic nitrogens is 2. The molecule has 0 spiro atoms. The van der Waals surface area contributed by atoms with Crippen molar-refractivity contribution in [2.24, 2.45) is 0 Å². The minimum absolute atomic E-state index is 0.125. The van der Waals surface area contributed by atoms with E-state index in [1.54, 1.807) is 0 Å². The van der Waals surface area contributed by atoms with E-state index in [1.807, 2.05) is 22.7 Å². The Morgan fingerprint density at radius 3 is 1.02 bits per heavy atom. The number of thiophene rings is 2. The zero-order valence-electron chi connectivity index (χ0n) is 75.9. The van der Waals surface area contributed by atoms with E-state index >= 15 is 0 Å². The maximum absolute atomic E-state index is 2.53. The van der Waals surface area contributed by atoms with Crippen molar-refractivity contribution in [2.45, 2.75) is 24.7 Å². The minimum atomic E-state index is -0.539. The van der Waals surface area contributed by atoms with E-state index in [0.717, 1.165) is 34.1 Å². The van der Waals surface area contributed by atoms with Gasteiger partial charge in [0.05, 0.1) is 38.9 Å². The van der Waals surface area contributed by atoms with Crippen molar-refractivity contribution in [1.82, 2.24) is 9.13 Å². The fourth-order valence-electron chi connectivity index (χ4n) is 23.2. The summed E-state index contributed by atoms with van der Waals surface area (Å²) in [4.78, 5) is 4.92. The highest BCUT2D eigenvalue weighted by Gasteiger charge is 2.47. The number of nitrogens with zero attached hydrogens (tertiary/aromatic N) is 4. The van der Waals surface area contributed by atoms with Gasteiger partial charge in [0.1, 0.15) is 0 Å². The minimum Gasteiger partial charge on any atom is -0.310 e. The van der Waals surface area contributed by atoms with Crippen molar-refractivity contribution in [1.29, 1.82) is 0 Å². The predicted molar refractivity (Wildman–Crippen MR) is 588 cm³/mol. The fraction of sp³-hybridized carbons (Fsp3) is 0.0303. The molecule has 0 atom stereocenters. The standard InChI is InChI=1S/C71H46N2S.C61H42N2S/c1-4-20-47(21-5-1)48-38-40-53(41-39-48)72(55-42-43-58-57-31-12-15-34-63(57)71(64(58)45-55,51-25-6-2-7-26-51)52-27-8-3-9-28-52)54-29-18-24-50(44-54)61-46-62-59-32-13-16-35-66(59)73(65-36-19-23-49-22-10-11-30-56(49)65)69(62)68-60-33-14-17-37-67(60)74-70(61)68;1-61(2)53-26-11-8-23-47(53)48-35-34-45(37-54(48)61)62(43-32-30-40(31-33-43)39-16-4-3-5-17-39)44-21-14-20-42(36-44)51-38-52-49-24-9-12-27-56(49)63(55-28-15-19-41-18-6-7-22-46(41)55)59(52)58-50-25-10-13-29-57(50)64-60(51)58/h1-46H;3-38H,1-2H3. The molecule has 0 fully saturated rings. The van der Waals surface area contributed by atoms with E-state index < -0.39 is 5.41 Å². The molecule has 4 heterocycles. The maximum Gasteiger partial charge on any atom is 0.0714 e. The smallest absolute Gasteiger partial charge is 0.0714 e. The zero-order valence-corrected chi connectivity index (χ0v) is 77.6. The van der Waals surface area contributed by atoms with Crippen LogP contribution in [0.3, 0.4) is 0 Å². The quantitative estimate of drug-likeness (QED) is 0.108. The third-order valence-electron chi connectivity index (χ3n) is 29.4. The first kappa shape index (κ1) is 80.6. The first-order chi connectivity index (χ1) is 68.2. The molecular formula is C132H88N4S2. The van der Waals surface area contributed by atoms with Crippen molar-refractivity contribution in [3.05, 3.63) is 531 Å². The summed E-state index contributed by atoms with van der Waals surface area (Å²) >= 11 is 3.80. The molecule has 0 N–H and O–H groups in total. The number of hydrogen-bond donors (Lipinski definition) is 0. The van der Waals surface area contributed by atoms with Crippen LogP contribution in [0.5, 0.6) is 0 Å². The first-order valence-electron chi connectivity index (χ1n) is 47.7. The Kier molecular flexibility index (Phi) is 18.9. The van der Waals surface area contributed by atoms with E-state index in [4.69, 9.17) is 0 Å². The molecule has 0 saturated heterocycles. The lowest BCUT2D eigenvalue weighted by Crippen LogP contribution is -2.28. The monoisotopic (exact) mass is 1790 g/mol. The Morgan fingerprint density at radius 1 is 0.210 bits per heavy atom. The van der Waals surface area contributed by atoms with Crippen LogP contribution in [0, 0.1) is 0 Å². The lowest BCUT2D eigenvalue weighted by Gasteiger charge is -2.35. The van der Waals surface area contributed by atoms with Gasteiger partial charge in [0.15, 0.2) is 0 Å². The summed E-state index contributed by atoms with van der Waals surface area (Å²) in [5.74, 6) is 0. The normalized spacial score (nSPS) is 12.8. The summed E-state index contributed by atoms with van der Waals surface area (Å²) in [6, 6.07) is 184. The first-order valence-corrected chi connectivity index (χ1v) is 49.3. The van der Waals surface area contributed by atoms with E-state index in [1.165, 1.54) is 217 Å². The highest BCUT2D eigenvalue weighted by Crippen LogP contribution is 2.60. The predicted octanol–water partition coefficient (Wildman–Crippen LogP) is 36.9. The highest BCUT2D eigenvalue weighted by atomic mass is 32.1. The Balaban J connectivity index is 0.000000141. The van der Waals surface area contributed by atoms with E-state index in [2.05, 4.69) is 530 Å². The van der Waals surface area contributed by atoms with Gasteiger partial charge in [0.25, 0.3) is 0 Å². The van der Waals surface area contributed by atoms with Gasteiger partial charge in [0, 0.05) is 123 Å². The Bertz CT molecular complexity index is 9320. The highest BCUT2D eigenvalue weighted by molar-refractivity contribution is 7.27. The largest absolute Gasteiger partial charge is 0.310 e. The fourth-order valence-corrected chi connectivity index (χ4v) is 25.7.